The van der Waals surface area contributed by atoms with Crippen molar-refractivity contribution in [2.45, 2.75) is 25.8 Å². The van der Waals surface area contributed by atoms with Gasteiger partial charge in [0, 0.05) is 19.3 Å². The summed E-state index contributed by atoms with van der Waals surface area (Å²) < 4.78 is 0. The Kier molecular flexibility index (Phi) is 3.60. The summed E-state index contributed by atoms with van der Waals surface area (Å²) in [6.07, 6.45) is 1.83. The van der Waals surface area contributed by atoms with Crippen LogP contribution < -0.4 is 4.90 Å². The van der Waals surface area contributed by atoms with Gasteiger partial charge in [0.2, 0.25) is 5.91 Å². The van der Waals surface area contributed by atoms with Crippen LogP contribution in [0, 0.1) is 0 Å². The van der Waals surface area contributed by atoms with E-state index in [0.29, 0.717) is 6.54 Å². The predicted octanol–water partition coefficient (Wildman–Crippen LogP) is 1.25. The average molecular weight is 301 g/mol. The Labute approximate surface area is 129 Å². The molecule has 1 atom stereocenters. The Hall–Kier alpha value is -2.37. The standard InChI is InChI=1S/C16H19N3O3/c1-11(19-14(20)10-17(2)16(19)22)15(21)18-9-5-7-12-6-3-4-8-13(12)18/h3-4,6,8,11H,5,7,9-10H2,1-2H3. The molecule has 1 saturated heterocycles. The van der Waals surface area contributed by atoms with Gasteiger partial charge < -0.3 is 9.80 Å². The zero-order chi connectivity index (χ0) is 15.9. The monoisotopic (exact) mass is 301 g/mol. The summed E-state index contributed by atoms with van der Waals surface area (Å²) in [7, 11) is 1.56. The molecule has 6 nitrogen and oxygen atoms in total. The van der Waals surface area contributed by atoms with Gasteiger partial charge in [-0.15, -0.1) is 0 Å². The van der Waals surface area contributed by atoms with Gasteiger partial charge in [-0.25, -0.2) is 4.79 Å². The molecule has 2 heterocycles. The van der Waals surface area contributed by atoms with E-state index in [-0.39, 0.29) is 18.4 Å². The number of benzene rings is 1. The smallest absolute Gasteiger partial charge is 0.318 e. The molecule has 0 aromatic heterocycles. The van der Waals surface area contributed by atoms with E-state index in [1.807, 2.05) is 24.3 Å². The number of para-hydroxylation sites is 1. The molecule has 0 aliphatic carbocycles. The molecule has 116 valence electrons. The predicted molar refractivity (Wildman–Crippen MR) is 81.5 cm³/mol. The third-order valence-corrected chi connectivity index (χ3v) is 4.29. The molecule has 0 saturated carbocycles. The lowest BCUT2D eigenvalue weighted by Crippen LogP contribution is -2.51. The first-order valence-corrected chi connectivity index (χ1v) is 7.47. The van der Waals surface area contributed by atoms with Gasteiger partial charge in [-0.1, -0.05) is 18.2 Å². The zero-order valence-electron chi connectivity index (χ0n) is 12.8. The van der Waals surface area contributed by atoms with Crippen molar-refractivity contribution >= 4 is 23.5 Å². The van der Waals surface area contributed by atoms with Gasteiger partial charge in [-0.2, -0.15) is 0 Å². The molecular formula is C16H19N3O3. The second-order valence-electron chi connectivity index (χ2n) is 5.80. The van der Waals surface area contributed by atoms with Crippen LogP contribution in [-0.4, -0.2) is 53.8 Å². The molecule has 22 heavy (non-hydrogen) atoms. The van der Waals surface area contributed by atoms with E-state index in [1.54, 1.807) is 18.9 Å². The molecule has 1 aromatic carbocycles. The lowest BCUT2D eigenvalue weighted by atomic mass is 10.0. The Balaban J connectivity index is 1.86. The van der Waals surface area contributed by atoms with E-state index in [9.17, 15) is 14.4 Å². The van der Waals surface area contributed by atoms with Crippen LogP contribution in [0.5, 0.6) is 0 Å². The molecule has 0 N–H and O–H groups in total. The van der Waals surface area contributed by atoms with Crippen molar-refractivity contribution in [3.8, 4) is 0 Å². The fraction of sp³-hybridized carbons (Fsp3) is 0.438. The van der Waals surface area contributed by atoms with E-state index in [2.05, 4.69) is 0 Å². The van der Waals surface area contributed by atoms with Gasteiger partial charge in [-0.3, -0.25) is 14.5 Å². The van der Waals surface area contributed by atoms with Crippen LogP contribution in [0.2, 0.25) is 0 Å². The maximum atomic E-state index is 12.8. The van der Waals surface area contributed by atoms with E-state index in [4.69, 9.17) is 0 Å². The third-order valence-electron chi connectivity index (χ3n) is 4.29. The van der Waals surface area contributed by atoms with Crippen LogP contribution in [0.15, 0.2) is 24.3 Å². The summed E-state index contributed by atoms with van der Waals surface area (Å²) in [5.41, 5.74) is 2.02. The largest absolute Gasteiger partial charge is 0.327 e. The van der Waals surface area contributed by atoms with Crippen molar-refractivity contribution in [1.29, 1.82) is 0 Å². The molecule has 2 aliphatic rings. The molecule has 3 rings (SSSR count). The van der Waals surface area contributed by atoms with Gasteiger partial charge in [0.15, 0.2) is 0 Å². The second kappa shape index (κ2) is 5.44. The maximum absolute atomic E-state index is 12.8. The van der Waals surface area contributed by atoms with Crippen LogP contribution in [0.4, 0.5) is 10.5 Å². The number of urea groups is 1. The lowest BCUT2D eigenvalue weighted by Gasteiger charge is -2.33. The van der Waals surface area contributed by atoms with Crippen LogP contribution in [-0.2, 0) is 16.0 Å². The highest BCUT2D eigenvalue weighted by molar-refractivity contribution is 6.08. The Morgan fingerprint density at radius 1 is 1.23 bits per heavy atom. The minimum Gasteiger partial charge on any atom is -0.318 e. The molecule has 6 heteroatoms. The molecule has 1 unspecified atom stereocenters. The summed E-state index contributed by atoms with van der Waals surface area (Å²) in [6.45, 7) is 2.27. The first-order chi connectivity index (χ1) is 10.5. The minimum atomic E-state index is -0.781. The number of carbonyl (C=O) groups excluding carboxylic acids is 3. The molecule has 2 aliphatic heterocycles. The van der Waals surface area contributed by atoms with Crippen LogP contribution in [0.25, 0.3) is 0 Å². The normalized spacial score (nSPS) is 19.5. The molecule has 0 spiro atoms. The number of amides is 4. The quantitative estimate of drug-likeness (QED) is 0.772. The van der Waals surface area contributed by atoms with Crippen molar-refractivity contribution in [2.24, 2.45) is 0 Å². The van der Waals surface area contributed by atoms with Gasteiger partial charge in [0.1, 0.15) is 12.6 Å². The molecule has 4 amide bonds. The molecular weight excluding hydrogens is 282 g/mol. The van der Waals surface area contributed by atoms with Crippen LogP contribution >= 0.6 is 0 Å². The lowest BCUT2D eigenvalue weighted by molar-refractivity contribution is -0.132. The minimum absolute atomic E-state index is 0.0348. The Morgan fingerprint density at radius 2 is 1.95 bits per heavy atom. The molecule has 0 bridgehead atoms. The number of carbonyl (C=O) groups is 3. The fourth-order valence-electron chi connectivity index (χ4n) is 3.12. The van der Waals surface area contributed by atoms with Crippen molar-refractivity contribution in [3.63, 3.8) is 0 Å². The summed E-state index contributed by atoms with van der Waals surface area (Å²) in [5, 5.41) is 0. The van der Waals surface area contributed by atoms with Crippen molar-refractivity contribution in [1.82, 2.24) is 9.80 Å². The van der Waals surface area contributed by atoms with Crippen molar-refractivity contribution in [2.75, 3.05) is 25.0 Å². The van der Waals surface area contributed by atoms with Crippen molar-refractivity contribution < 1.29 is 14.4 Å². The first kappa shape index (κ1) is 14.6. The zero-order valence-corrected chi connectivity index (χ0v) is 12.8. The van der Waals surface area contributed by atoms with Gasteiger partial charge in [0.05, 0.1) is 0 Å². The topological polar surface area (TPSA) is 60.9 Å². The summed E-state index contributed by atoms with van der Waals surface area (Å²) in [6, 6.07) is 6.60. The van der Waals surface area contributed by atoms with Crippen molar-refractivity contribution in [3.05, 3.63) is 29.8 Å². The number of fused-ring (bicyclic) bond motifs is 1. The number of nitrogens with zero attached hydrogens (tertiary/aromatic N) is 3. The Morgan fingerprint density at radius 3 is 2.64 bits per heavy atom. The van der Waals surface area contributed by atoms with Crippen LogP contribution in [0.3, 0.4) is 0 Å². The van der Waals surface area contributed by atoms with E-state index >= 15 is 0 Å². The third kappa shape index (κ3) is 2.24. The van der Waals surface area contributed by atoms with Gasteiger partial charge in [-0.05, 0) is 31.4 Å². The highest BCUT2D eigenvalue weighted by Crippen LogP contribution is 2.28. The van der Waals surface area contributed by atoms with Gasteiger partial charge >= 0.3 is 6.03 Å². The number of hydrogen-bond acceptors (Lipinski definition) is 3. The second-order valence-corrected chi connectivity index (χ2v) is 5.80. The summed E-state index contributed by atoms with van der Waals surface area (Å²) in [4.78, 5) is 40.9. The van der Waals surface area contributed by atoms with Crippen LogP contribution in [0.1, 0.15) is 18.9 Å². The number of imide groups is 1. The SMILES string of the molecule is CC(C(=O)N1CCCc2ccccc21)N1C(=O)CN(C)C1=O. The highest BCUT2D eigenvalue weighted by Gasteiger charge is 2.41. The highest BCUT2D eigenvalue weighted by atomic mass is 16.2. The molecule has 1 aromatic rings. The average Bonchev–Trinajstić information content (AvgIpc) is 2.78. The van der Waals surface area contributed by atoms with E-state index in [1.165, 1.54) is 4.90 Å². The molecule has 1 fully saturated rings. The van der Waals surface area contributed by atoms with E-state index < -0.39 is 12.1 Å². The Bertz CT molecular complexity index is 643. The number of likely N-dealkylation sites (N-methyl/N-ethyl adjacent to an activating group) is 1. The maximum Gasteiger partial charge on any atom is 0.327 e. The first-order valence-electron chi connectivity index (χ1n) is 7.47. The van der Waals surface area contributed by atoms with Gasteiger partial charge in [0.25, 0.3) is 5.91 Å². The van der Waals surface area contributed by atoms with E-state index in [0.717, 1.165) is 29.0 Å². The molecule has 0 radical (unpaired) electrons. The fourth-order valence-corrected chi connectivity index (χ4v) is 3.12. The number of rotatable bonds is 2. The summed E-state index contributed by atoms with van der Waals surface area (Å²) >= 11 is 0. The number of aryl methyl sites for hydroxylation is 1. The summed E-state index contributed by atoms with van der Waals surface area (Å²) in [5.74, 6) is -0.525. The number of hydrogen-bond donors (Lipinski definition) is 0. The number of anilines is 1.